The minimum atomic E-state index is -4.37. The topological polar surface area (TPSA) is 15.6 Å². The summed E-state index contributed by atoms with van der Waals surface area (Å²) < 4.78 is 40.0. The molecule has 3 aromatic carbocycles. The van der Waals surface area contributed by atoms with Crippen LogP contribution in [0.15, 0.2) is 65.7 Å². The van der Waals surface area contributed by atoms with Gasteiger partial charge in [-0.1, -0.05) is 48.5 Å². The van der Waals surface area contributed by atoms with Gasteiger partial charge in [-0.3, -0.25) is 0 Å². The molecule has 5 heteroatoms. The van der Waals surface area contributed by atoms with Crippen LogP contribution >= 0.6 is 0 Å². The molecule has 0 unspecified atom stereocenters. The van der Waals surface area contributed by atoms with Crippen molar-refractivity contribution in [3.8, 4) is 11.1 Å². The molecule has 0 radical (unpaired) electrons. The minimum Gasteiger partial charge on any atom is -0.366 e. The highest BCUT2D eigenvalue weighted by Crippen LogP contribution is 2.37. The predicted octanol–water partition coefficient (Wildman–Crippen LogP) is 7.19. The van der Waals surface area contributed by atoms with Crippen molar-refractivity contribution in [3.63, 3.8) is 0 Å². The fraction of sp³-hybridized carbons (Fsp3) is 0.269. The van der Waals surface area contributed by atoms with Crippen LogP contribution in [0.25, 0.3) is 11.1 Å². The molecule has 0 aliphatic heterocycles. The highest BCUT2D eigenvalue weighted by Gasteiger charge is 2.33. The lowest BCUT2D eigenvalue weighted by Gasteiger charge is -2.14. The number of hydrogen-bond acceptors (Lipinski definition) is 1. The van der Waals surface area contributed by atoms with Gasteiger partial charge in [0.05, 0.1) is 17.6 Å². The molecule has 2 nitrogen and oxygen atoms in total. The number of aryl methyl sites for hydroxylation is 2. The molecule has 0 atom stereocenters. The normalized spacial score (nSPS) is 11.8. The molecule has 162 valence electrons. The van der Waals surface area contributed by atoms with E-state index in [0.29, 0.717) is 12.0 Å². The Morgan fingerprint density at radius 3 is 2.26 bits per heavy atom. The molecule has 0 amide bonds. The van der Waals surface area contributed by atoms with Crippen molar-refractivity contribution < 1.29 is 13.2 Å². The molecule has 0 saturated carbocycles. The van der Waals surface area contributed by atoms with Crippen LogP contribution in [0.5, 0.6) is 0 Å². The molecule has 31 heavy (non-hydrogen) atoms. The first-order chi connectivity index (χ1) is 14.7. The SMILES string of the molecule is CCN(C)C=Nc1cc(C)c(Cc2ccc(-c3ccccc3C(F)(F)F)cc2)cc1C. The molecule has 0 spiro atoms. The zero-order chi connectivity index (χ0) is 22.6. The maximum atomic E-state index is 13.3. The van der Waals surface area contributed by atoms with Crippen LogP contribution in [0.1, 0.15) is 34.7 Å². The minimum absolute atomic E-state index is 0.202. The van der Waals surface area contributed by atoms with Gasteiger partial charge >= 0.3 is 6.18 Å². The van der Waals surface area contributed by atoms with Gasteiger partial charge in [0.2, 0.25) is 0 Å². The van der Waals surface area contributed by atoms with Gasteiger partial charge in [-0.05, 0) is 72.7 Å². The number of aliphatic imine (C=N–C) groups is 1. The number of rotatable bonds is 6. The quantitative estimate of drug-likeness (QED) is 0.302. The highest BCUT2D eigenvalue weighted by molar-refractivity contribution is 5.68. The molecule has 0 fully saturated rings. The lowest BCUT2D eigenvalue weighted by Crippen LogP contribution is -2.14. The van der Waals surface area contributed by atoms with Crippen molar-refractivity contribution in [3.05, 3.63) is 88.5 Å². The summed E-state index contributed by atoms with van der Waals surface area (Å²) in [6.45, 7) is 7.06. The third kappa shape index (κ3) is 5.54. The van der Waals surface area contributed by atoms with E-state index in [1.165, 1.54) is 17.7 Å². The Morgan fingerprint density at radius 2 is 1.61 bits per heavy atom. The second-order valence-corrected chi connectivity index (χ2v) is 7.80. The van der Waals surface area contributed by atoms with Crippen molar-refractivity contribution in [2.75, 3.05) is 13.6 Å². The number of nitrogens with zero attached hydrogens (tertiary/aromatic N) is 2. The molecule has 0 aliphatic rings. The molecule has 0 saturated heterocycles. The van der Waals surface area contributed by atoms with E-state index in [1.807, 2.05) is 37.3 Å². The summed E-state index contributed by atoms with van der Waals surface area (Å²) in [6.07, 6.45) is -1.83. The Bertz CT molecular complexity index is 1070. The predicted molar refractivity (Wildman–Crippen MR) is 122 cm³/mol. The molecule has 0 aromatic heterocycles. The van der Waals surface area contributed by atoms with Crippen molar-refractivity contribution in [1.29, 1.82) is 0 Å². The maximum absolute atomic E-state index is 13.3. The molecule has 0 bridgehead atoms. The Hall–Kier alpha value is -3.08. The van der Waals surface area contributed by atoms with E-state index in [0.717, 1.165) is 35.0 Å². The Morgan fingerprint density at radius 1 is 0.935 bits per heavy atom. The number of benzene rings is 3. The largest absolute Gasteiger partial charge is 0.417 e. The average Bonchev–Trinajstić information content (AvgIpc) is 2.74. The van der Waals surface area contributed by atoms with Gasteiger partial charge in [0.25, 0.3) is 0 Å². The average molecular weight is 425 g/mol. The van der Waals surface area contributed by atoms with Crippen LogP contribution in [-0.2, 0) is 12.6 Å². The van der Waals surface area contributed by atoms with Crippen LogP contribution < -0.4 is 0 Å². The van der Waals surface area contributed by atoms with Crippen LogP contribution in [0.2, 0.25) is 0 Å². The second kappa shape index (κ2) is 9.38. The zero-order valence-electron chi connectivity index (χ0n) is 18.3. The molecule has 0 heterocycles. The molecule has 3 rings (SSSR count). The van der Waals surface area contributed by atoms with E-state index >= 15 is 0 Å². The third-order valence-electron chi connectivity index (χ3n) is 5.44. The van der Waals surface area contributed by atoms with Gasteiger partial charge < -0.3 is 4.90 Å². The van der Waals surface area contributed by atoms with Crippen molar-refractivity contribution in [1.82, 2.24) is 4.90 Å². The molecule has 3 aromatic rings. The van der Waals surface area contributed by atoms with E-state index in [2.05, 4.69) is 31.0 Å². The summed E-state index contributed by atoms with van der Waals surface area (Å²) in [6, 6.07) is 17.2. The van der Waals surface area contributed by atoms with Crippen LogP contribution in [0, 0.1) is 13.8 Å². The summed E-state index contributed by atoms with van der Waals surface area (Å²) in [5.74, 6) is 0. The molecule has 0 N–H and O–H groups in total. The standard InChI is InChI=1S/C26H27F3N2/c1-5-31(4)17-30-25-15-18(2)22(14-19(25)3)16-20-10-12-21(13-11-20)23-8-6-7-9-24(23)26(27,28)29/h6-15,17H,5,16H2,1-4H3. The Labute approximate surface area is 182 Å². The van der Waals surface area contributed by atoms with E-state index < -0.39 is 11.7 Å². The number of hydrogen-bond donors (Lipinski definition) is 0. The van der Waals surface area contributed by atoms with E-state index in [-0.39, 0.29) is 5.56 Å². The lowest BCUT2D eigenvalue weighted by molar-refractivity contribution is -0.137. The lowest BCUT2D eigenvalue weighted by atomic mass is 9.95. The first-order valence-corrected chi connectivity index (χ1v) is 10.3. The van der Waals surface area contributed by atoms with Crippen molar-refractivity contribution in [2.45, 2.75) is 33.4 Å². The summed E-state index contributed by atoms with van der Waals surface area (Å²) in [7, 11) is 1.98. The first kappa shape index (κ1) is 22.6. The van der Waals surface area contributed by atoms with Gasteiger partial charge in [0.15, 0.2) is 0 Å². The summed E-state index contributed by atoms with van der Waals surface area (Å²) in [5.41, 5.74) is 5.57. The van der Waals surface area contributed by atoms with Gasteiger partial charge in [-0.25, -0.2) is 4.99 Å². The van der Waals surface area contributed by atoms with Crippen molar-refractivity contribution >= 4 is 12.0 Å². The maximum Gasteiger partial charge on any atom is 0.417 e. The first-order valence-electron chi connectivity index (χ1n) is 10.3. The Balaban J connectivity index is 1.83. The van der Waals surface area contributed by atoms with Crippen LogP contribution in [0.3, 0.4) is 0 Å². The fourth-order valence-electron chi connectivity index (χ4n) is 3.44. The monoisotopic (exact) mass is 424 g/mol. The molecular weight excluding hydrogens is 397 g/mol. The van der Waals surface area contributed by atoms with Gasteiger partial charge in [0.1, 0.15) is 0 Å². The summed E-state index contributed by atoms with van der Waals surface area (Å²) in [5, 5.41) is 0. The molecule has 0 aliphatic carbocycles. The van der Waals surface area contributed by atoms with Crippen LogP contribution in [-0.4, -0.2) is 24.8 Å². The van der Waals surface area contributed by atoms with Crippen LogP contribution in [0.4, 0.5) is 18.9 Å². The zero-order valence-corrected chi connectivity index (χ0v) is 18.3. The fourth-order valence-corrected chi connectivity index (χ4v) is 3.44. The number of halogens is 3. The molecular formula is C26H27F3N2. The van der Waals surface area contributed by atoms with E-state index in [4.69, 9.17) is 0 Å². The van der Waals surface area contributed by atoms with Gasteiger partial charge in [-0.15, -0.1) is 0 Å². The van der Waals surface area contributed by atoms with E-state index in [9.17, 15) is 13.2 Å². The summed E-state index contributed by atoms with van der Waals surface area (Å²) in [4.78, 5) is 6.58. The Kier molecular flexibility index (Phi) is 6.84. The van der Waals surface area contributed by atoms with Crippen molar-refractivity contribution in [2.24, 2.45) is 4.99 Å². The van der Waals surface area contributed by atoms with Gasteiger partial charge in [-0.2, -0.15) is 13.2 Å². The summed E-state index contributed by atoms with van der Waals surface area (Å²) >= 11 is 0. The third-order valence-corrected chi connectivity index (χ3v) is 5.44. The van der Waals surface area contributed by atoms with E-state index in [1.54, 1.807) is 18.2 Å². The van der Waals surface area contributed by atoms with Gasteiger partial charge in [0, 0.05) is 13.6 Å². The smallest absolute Gasteiger partial charge is 0.366 e. The highest BCUT2D eigenvalue weighted by atomic mass is 19.4. The number of alkyl halides is 3. The second-order valence-electron chi connectivity index (χ2n) is 7.80.